The highest BCUT2D eigenvalue weighted by Gasteiger charge is 2.15. The van der Waals surface area contributed by atoms with Crippen LogP contribution in [0.5, 0.6) is 5.75 Å². The molecule has 0 amide bonds. The Bertz CT molecular complexity index is 737. The van der Waals surface area contributed by atoms with Gasteiger partial charge in [-0.15, -0.1) is 11.3 Å². The number of ether oxygens (including phenoxy) is 1. The average Bonchev–Trinajstić information content (AvgIpc) is 2.76. The molecule has 3 aromatic rings. The third kappa shape index (κ3) is 2.07. The molecule has 0 unspecified atom stereocenters. The first-order valence-electron chi connectivity index (χ1n) is 5.74. The molecule has 0 fully saturated rings. The first kappa shape index (κ1) is 12.4. The second-order valence-corrected chi connectivity index (χ2v) is 5.67. The Morgan fingerprint density at radius 1 is 1.16 bits per heavy atom. The van der Waals surface area contributed by atoms with Crippen LogP contribution in [0.25, 0.3) is 21.3 Å². The number of fused-ring (bicyclic) bond motifs is 1. The fourth-order valence-corrected chi connectivity index (χ4v) is 3.41. The zero-order valence-electron chi connectivity index (χ0n) is 10.5. The lowest BCUT2D eigenvalue weighted by molar-refractivity contribution is 0.415. The Morgan fingerprint density at radius 3 is 2.58 bits per heavy atom. The molecule has 1 aromatic carbocycles. The van der Waals surface area contributed by atoms with Crippen LogP contribution in [0.2, 0.25) is 5.15 Å². The summed E-state index contributed by atoms with van der Waals surface area (Å²) in [5, 5.41) is 1.43. The molecule has 3 nitrogen and oxygen atoms in total. The van der Waals surface area contributed by atoms with Crippen LogP contribution in [0.1, 0.15) is 4.88 Å². The maximum Gasteiger partial charge on any atom is 0.141 e. The molecule has 0 saturated carbocycles. The van der Waals surface area contributed by atoms with Crippen LogP contribution in [-0.2, 0) is 0 Å². The van der Waals surface area contributed by atoms with Gasteiger partial charge in [-0.25, -0.2) is 9.97 Å². The molecule has 0 aliphatic heterocycles. The Morgan fingerprint density at radius 2 is 1.89 bits per heavy atom. The third-order valence-electron chi connectivity index (χ3n) is 3.00. The van der Waals surface area contributed by atoms with Crippen LogP contribution >= 0.6 is 22.9 Å². The van der Waals surface area contributed by atoms with Gasteiger partial charge in [0.15, 0.2) is 0 Å². The Labute approximate surface area is 119 Å². The minimum atomic E-state index is 0.500. The first-order valence-corrected chi connectivity index (χ1v) is 6.94. The van der Waals surface area contributed by atoms with Crippen LogP contribution in [0.15, 0.2) is 30.6 Å². The van der Waals surface area contributed by atoms with E-state index in [2.05, 4.69) is 16.9 Å². The number of aromatic nitrogens is 2. The number of benzene rings is 1. The van der Waals surface area contributed by atoms with Gasteiger partial charge in [-0.1, -0.05) is 23.7 Å². The number of hydrogen-bond acceptors (Lipinski definition) is 4. The van der Waals surface area contributed by atoms with Crippen molar-refractivity contribution >= 4 is 33.2 Å². The zero-order valence-corrected chi connectivity index (χ0v) is 12.0. The van der Waals surface area contributed by atoms with Crippen LogP contribution in [0.4, 0.5) is 0 Å². The summed E-state index contributed by atoms with van der Waals surface area (Å²) in [5.74, 6) is 0.836. The summed E-state index contributed by atoms with van der Waals surface area (Å²) in [6.45, 7) is 2.07. The standard InChI is InChI=1S/C14H11ClN2OS/c1-8-11(9-3-5-10(18-2)6-4-9)12-13(15)16-7-17-14(12)19-8/h3-7H,1-2H3. The molecule has 0 saturated heterocycles. The van der Waals surface area contributed by atoms with E-state index in [0.717, 1.165) is 27.1 Å². The molecule has 0 aliphatic carbocycles. The van der Waals surface area contributed by atoms with Crippen molar-refractivity contribution in [3.05, 3.63) is 40.6 Å². The van der Waals surface area contributed by atoms with Crippen molar-refractivity contribution in [2.75, 3.05) is 7.11 Å². The van der Waals surface area contributed by atoms with Gasteiger partial charge in [0.2, 0.25) is 0 Å². The van der Waals surface area contributed by atoms with Gasteiger partial charge in [-0.3, -0.25) is 0 Å². The normalized spacial score (nSPS) is 10.9. The van der Waals surface area contributed by atoms with Crippen molar-refractivity contribution in [3.63, 3.8) is 0 Å². The van der Waals surface area contributed by atoms with E-state index in [4.69, 9.17) is 16.3 Å². The molecule has 2 heterocycles. The molecule has 96 valence electrons. The van der Waals surface area contributed by atoms with Gasteiger partial charge in [0, 0.05) is 10.4 Å². The van der Waals surface area contributed by atoms with Crippen molar-refractivity contribution in [2.45, 2.75) is 6.92 Å². The van der Waals surface area contributed by atoms with Crippen molar-refractivity contribution < 1.29 is 4.74 Å². The second-order valence-electron chi connectivity index (χ2n) is 4.11. The third-order valence-corrected chi connectivity index (χ3v) is 4.30. The topological polar surface area (TPSA) is 35.0 Å². The summed E-state index contributed by atoms with van der Waals surface area (Å²) in [7, 11) is 1.66. The SMILES string of the molecule is COc1ccc(-c2c(C)sc3ncnc(Cl)c23)cc1. The zero-order chi connectivity index (χ0) is 13.4. The van der Waals surface area contributed by atoms with Gasteiger partial charge in [-0.2, -0.15) is 0 Å². The average molecular weight is 291 g/mol. The highest BCUT2D eigenvalue weighted by Crippen LogP contribution is 2.40. The van der Waals surface area contributed by atoms with Crippen LogP contribution in [0.3, 0.4) is 0 Å². The summed E-state index contributed by atoms with van der Waals surface area (Å²) in [6.07, 6.45) is 1.50. The summed E-state index contributed by atoms with van der Waals surface area (Å²) in [5.41, 5.74) is 2.20. The van der Waals surface area contributed by atoms with Crippen molar-refractivity contribution in [1.82, 2.24) is 9.97 Å². The molecular formula is C14H11ClN2OS. The molecule has 19 heavy (non-hydrogen) atoms. The van der Waals surface area contributed by atoms with E-state index >= 15 is 0 Å². The fourth-order valence-electron chi connectivity index (χ4n) is 2.11. The lowest BCUT2D eigenvalue weighted by Crippen LogP contribution is -1.85. The van der Waals surface area contributed by atoms with Gasteiger partial charge in [0.05, 0.1) is 12.5 Å². The Kier molecular flexibility index (Phi) is 3.12. The van der Waals surface area contributed by atoms with E-state index in [-0.39, 0.29) is 0 Å². The fraction of sp³-hybridized carbons (Fsp3) is 0.143. The monoisotopic (exact) mass is 290 g/mol. The summed E-state index contributed by atoms with van der Waals surface area (Å²) in [4.78, 5) is 10.5. The van der Waals surface area contributed by atoms with Crippen molar-refractivity contribution in [1.29, 1.82) is 0 Å². The molecule has 0 radical (unpaired) electrons. The maximum absolute atomic E-state index is 6.21. The number of rotatable bonds is 2. The van der Waals surface area contributed by atoms with Gasteiger partial charge in [0.1, 0.15) is 22.1 Å². The first-order chi connectivity index (χ1) is 9.20. The molecule has 2 aromatic heterocycles. The molecule has 0 atom stereocenters. The van der Waals surface area contributed by atoms with Crippen molar-refractivity contribution in [2.24, 2.45) is 0 Å². The quantitative estimate of drug-likeness (QED) is 0.659. The van der Waals surface area contributed by atoms with E-state index in [9.17, 15) is 0 Å². The lowest BCUT2D eigenvalue weighted by atomic mass is 10.0. The van der Waals surface area contributed by atoms with Crippen LogP contribution < -0.4 is 4.74 Å². The van der Waals surface area contributed by atoms with E-state index < -0.39 is 0 Å². The summed E-state index contributed by atoms with van der Waals surface area (Å²) >= 11 is 7.85. The number of halogens is 1. The Hall–Kier alpha value is -1.65. The minimum absolute atomic E-state index is 0.500. The molecule has 0 bridgehead atoms. The van der Waals surface area contributed by atoms with Crippen molar-refractivity contribution in [3.8, 4) is 16.9 Å². The number of aryl methyl sites for hydroxylation is 1. The number of nitrogens with zero attached hydrogens (tertiary/aromatic N) is 2. The van der Waals surface area contributed by atoms with E-state index in [0.29, 0.717) is 5.15 Å². The Balaban J connectivity index is 2.26. The number of thiophene rings is 1. The second kappa shape index (κ2) is 4.79. The van der Waals surface area contributed by atoms with Crippen LogP contribution in [0, 0.1) is 6.92 Å². The van der Waals surface area contributed by atoms with Gasteiger partial charge < -0.3 is 4.74 Å². The molecule has 3 rings (SSSR count). The van der Waals surface area contributed by atoms with Gasteiger partial charge in [0.25, 0.3) is 0 Å². The molecular weight excluding hydrogens is 280 g/mol. The molecule has 5 heteroatoms. The van der Waals surface area contributed by atoms with E-state index in [1.165, 1.54) is 11.2 Å². The van der Waals surface area contributed by atoms with E-state index in [1.807, 2.05) is 24.3 Å². The van der Waals surface area contributed by atoms with Gasteiger partial charge in [-0.05, 0) is 24.6 Å². The van der Waals surface area contributed by atoms with Gasteiger partial charge >= 0.3 is 0 Å². The predicted octanol–water partition coefficient (Wildman–Crippen LogP) is 4.33. The number of hydrogen-bond donors (Lipinski definition) is 0. The highest BCUT2D eigenvalue weighted by molar-refractivity contribution is 7.19. The van der Waals surface area contributed by atoms with Crippen LogP contribution in [-0.4, -0.2) is 17.1 Å². The predicted molar refractivity (Wildman–Crippen MR) is 79.2 cm³/mol. The number of methoxy groups -OCH3 is 1. The maximum atomic E-state index is 6.21. The summed E-state index contributed by atoms with van der Waals surface area (Å²) in [6, 6.07) is 7.93. The molecule has 0 spiro atoms. The minimum Gasteiger partial charge on any atom is -0.497 e. The smallest absolute Gasteiger partial charge is 0.141 e. The largest absolute Gasteiger partial charge is 0.497 e. The molecule has 0 N–H and O–H groups in total. The highest BCUT2D eigenvalue weighted by atomic mass is 35.5. The summed E-state index contributed by atoms with van der Waals surface area (Å²) < 4.78 is 5.18. The van der Waals surface area contributed by atoms with E-state index in [1.54, 1.807) is 18.4 Å². The molecule has 0 aliphatic rings. The lowest BCUT2D eigenvalue weighted by Gasteiger charge is -2.04.